The normalized spacial score (nSPS) is 11.8. The predicted molar refractivity (Wildman–Crippen MR) is 91.2 cm³/mol. The molecule has 1 atom stereocenters. The number of H-pyrrole nitrogens is 1. The molecule has 3 rings (SSSR count). The third kappa shape index (κ3) is 3.81. The van der Waals surface area contributed by atoms with Crippen molar-refractivity contribution in [3.8, 4) is 0 Å². The van der Waals surface area contributed by atoms with Crippen molar-refractivity contribution in [1.82, 2.24) is 10.3 Å². The highest BCUT2D eigenvalue weighted by atomic mass is 16.5. The number of carbonyl (C=O) groups is 1. The summed E-state index contributed by atoms with van der Waals surface area (Å²) in [6.45, 7) is 0.158. The summed E-state index contributed by atoms with van der Waals surface area (Å²) >= 11 is 0. The first-order valence-corrected chi connectivity index (χ1v) is 7.66. The minimum atomic E-state index is -0.757. The Hall–Kier alpha value is -3.08. The van der Waals surface area contributed by atoms with Crippen molar-refractivity contribution < 1.29 is 14.3 Å². The van der Waals surface area contributed by atoms with Crippen LogP contribution in [0.1, 0.15) is 11.1 Å². The number of carbonyl (C=O) groups excluding carboxylic acids is 2. The van der Waals surface area contributed by atoms with Gasteiger partial charge in [0.05, 0.1) is 0 Å². The van der Waals surface area contributed by atoms with Crippen LogP contribution in [0, 0.1) is 0 Å². The van der Waals surface area contributed by atoms with Crippen LogP contribution in [0.5, 0.6) is 0 Å². The van der Waals surface area contributed by atoms with E-state index >= 15 is 0 Å². The molecule has 24 heavy (non-hydrogen) atoms. The number of alkyl carbamates (subject to hydrolysis) is 1. The zero-order valence-electron chi connectivity index (χ0n) is 13.0. The molecule has 0 aliphatic heterocycles. The molecule has 0 aliphatic rings. The topological polar surface area (TPSA) is 71.2 Å². The molecule has 1 aromatic heterocycles. The van der Waals surface area contributed by atoms with E-state index in [-0.39, 0.29) is 6.61 Å². The molecule has 1 radical (unpaired) electrons. The molecule has 0 aliphatic carbocycles. The van der Waals surface area contributed by atoms with Crippen molar-refractivity contribution in [3.05, 3.63) is 71.9 Å². The van der Waals surface area contributed by atoms with Gasteiger partial charge in [0.1, 0.15) is 12.6 Å². The Kier molecular flexibility index (Phi) is 4.91. The number of para-hydroxylation sites is 1. The zero-order chi connectivity index (χ0) is 16.8. The average molecular weight is 321 g/mol. The summed E-state index contributed by atoms with van der Waals surface area (Å²) in [5.41, 5.74) is 2.82. The summed E-state index contributed by atoms with van der Waals surface area (Å²) in [5, 5.41) is 3.57. The Bertz CT molecular complexity index is 827. The summed E-state index contributed by atoms with van der Waals surface area (Å²) < 4.78 is 5.13. The third-order valence-corrected chi connectivity index (χ3v) is 3.75. The molecule has 0 saturated carbocycles. The van der Waals surface area contributed by atoms with Crippen molar-refractivity contribution in [2.24, 2.45) is 0 Å². The quantitative estimate of drug-likeness (QED) is 0.733. The Balaban J connectivity index is 1.58. The smallest absolute Gasteiger partial charge is 0.408 e. The van der Waals surface area contributed by atoms with E-state index in [4.69, 9.17) is 4.74 Å². The largest absolute Gasteiger partial charge is 0.445 e. The lowest BCUT2D eigenvalue weighted by atomic mass is 10.1. The highest BCUT2D eigenvalue weighted by Gasteiger charge is 2.16. The van der Waals surface area contributed by atoms with Crippen LogP contribution in [0.2, 0.25) is 0 Å². The van der Waals surface area contributed by atoms with E-state index < -0.39 is 12.1 Å². The lowest BCUT2D eigenvalue weighted by molar-refractivity contribution is 0.138. The van der Waals surface area contributed by atoms with Crippen molar-refractivity contribution in [2.75, 3.05) is 0 Å². The number of hydrogen-bond donors (Lipinski definition) is 2. The predicted octanol–water partition coefficient (Wildman–Crippen LogP) is 3.12. The molecule has 2 aromatic carbocycles. The number of aromatic amines is 1. The van der Waals surface area contributed by atoms with E-state index in [9.17, 15) is 9.59 Å². The third-order valence-electron chi connectivity index (χ3n) is 3.75. The molecular formula is C19H17N2O3. The standard InChI is InChI=1S/C19H17N2O3/c22-12-16(10-15-11-20-18-9-5-4-8-17(15)18)21-19(23)24-13-14-6-2-1-3-7-14/h1-9,11,16,20H,10,13H2,(H,21,23). The van der Waals surface area contributed by atoms with Crippen LogP contribution in [0.3, 0.4) is 0 Å². The number of ether oxygens (including phenoxy) is 1. The van der Waals surface area contributed by atoms with Gasteiger partial charge in [-0.05, 0) is 17.2 Å². The fraction of sp³-hybridized carbons (Fsp3) is 0.158. The van der Waals surface area contributed by atoms with E-state index in [1.54, 1.807) is 0 Å². The van der Waals surface area contributed by atoms with Gasteiger partial charge >= 0.3 is 6.09 Å². The van der Waals surface area contributed by atoms with Gasteiger partial charge in [0.2, 0.25) is 6.29 Å². The maximum absolute atomic E-state index is 11.9. The van der Waals surface area contributed by atoms with Gasteiger partial charge in [-0.1, -0.05) is 48.5 Å². The SMILES string of the molecule is O=[C]C(Cc1c[nH]c2ccccc12)NC(=O)OCc1ccccc1. The Labute approximate surface area is 139 Å². The Morgan fingerprint density at radius 1 is 1.12 bits per heavy atom. The van der Waals surface area contributed by atoms with Crippen molar-refractivity contribution >= 4 is 23.3 Å². The fourth-order valence-corrected chi connectivity index (χ4v) is 2.55. The maximum Gasteiger partial charge on any atom is 0.408 e. The van der Waals surface area contributed by atoms with Gasteiger partial charge in [-0.3, -0.25) is 4.79 Å². The lowest BCUT2D eigenvalue weighted by Crippen LogP contribution is -2.37. The second kappa shape index (κ2) is 7.46. The van der Waals surface area contributed by atoms with Gasteiger partial charge < -0.3 is 15.0 Å². The molecule has 0 fully saturated rings. The molecule has 1 unspecified atom stereocenters. The molecule has 2 N–H and O–H groups in total. The van der Waals surface area contributed by atoms with Crippen molar-refractivity contribution in [2.45, 2.75) is 19.1 Å². The number of aromatic nitrogens is 1. The fourth-order valence-electron chi connectivity index (χ4n) is 2.55. The highest BCUT2D eigenvalue weighted by molar-refractivity contribution is 5.84. The van der Waals surface area contributed by atoms with E-state index in [0.717, 1.165) is 22.0 Å². The molecule has 1 heterocycles. The number of hydrogen-bond acceptors (Lipinski definition) is 3. The van der Waals surface area contributed by atoms with Crippen molar-refractivity contribution in [1.29, 1.82) is 0 Å². The average Bonchev–Trinajstić information content (AvgIpc) is 3.03. The number of benzene rings is 2. The van der Waals surface area contributed by atoms with Gasteiger partial charge in [-0.2, -0.15) is 0 Å². The van der Waals surface area contributed by atoms with Gasteiger partial charge in [-0.15, -0.1) is 0 Å². The molecular weight excluding hydrogens is 304 g/mol. The molecule has 5 nitrogen and oxygen atoms in total. The molecule has 3 aromatic rings. The van der Waals surface area contributed by atoms with Gasteiger partial charge in [0.15, 0.2) is 0 Å². The van der Waals surface area contributed by atoms with E-state index in [1.165, 1.54) is 0 Å². The second-order valence-corrected chi connectivity index (χ2v) is 5.44. The first-order valence-electron chi connectivity index (χ1n) is 7.66. The highest BCUT2D eigenvalue weighted by Crippen LogP contribution is 2.18. The van der Waals surface area contributed by atoms with Crippen molar-refractivity contribution in [3.63, 3.8) is 0 Å². The van der Waals surface area contributed by atoms with Gasteiger partial charge in [-0.25, -0.2) is 4.79 Å². The summed E-state index contributed by atoms with van der Waals surface area (Å²) in [7, 11) is 0. The minimum absolute atomic E-state index is 0.158. The number of rotatable bonds is 6. The summed E-state index contributed by atoms with van der Waals surface area (Å²) in [6, 6.07) is 16.4. The molecule has 0 saturated heterocycles. The lowest BCUT2D eigenvalue weighted by Gasteiger charge is -2.12. The summed E-state index contributed by atoms with van der Waals surface area (Å²) in [4.78, 5) is 26.2. The van der Waals surface area contributed by atoms with Gasteiger partial charge in [0.25, 0.3) is 0 Å². The minimum Gasteiger partial charge on any atom is -0.445 e. The van der Waals surface area contributed by atoms with Crippen LogP contribution in [-0.4, -0.2) is 23.4 Å². The maximum atomic E-state index is 11.9. The number of fused-ring (bicyclic) bond motifs is 1. The van der Waals surface area contributed by atoms with Gasteiger partial charge in [0, 0.05) is 23.5 Å². The molecule has 1 amide bonds. The molecule has 121 valence electrons. The van der Waals surface area contributed by atoms with E-state index in [0.29, 0.717) is 6.42 Å². The van der Waals surface area contributed by atoms with Crippen LogP contribution in [0.25, 0.3) is 10.9 Å². The number of amides is 1. The molecule has 5 heteroatoms. The second-order valence-electron chi connectivity index (χ2n) is 5.44. The van der Waals surface area contributed by atoms with Crippen LogP contribution in [0.15, 0.2) is 60.8 Å². The van der Waals surface area contributed by atoms with E-state index in [1.807, 2.05) is 67.1 Å². The number of nitrogens with one attached hydrogen (secondary N) is 2. The first kappa shape index (κ1) is 15.8. The van der Waals surface area contributed by atoms with Crippen LogP contribution in [0.4, 0.5) is 4.79 Å². The van der Waals surface area contributed by atoms with Crippen LogP contribution >= 0.6 is 0 Å². The van der Waals surface area contributed by atoms with Crippen LogP contribution in [-0.2, 0) is 22.6 Å². The zero-order valence-corrected chi connectivity index (χ0v) is 13.0. The Morgan fingerprint density at radius 2 is 1.88 bits per heavy atom. The first-order chi connectivity index (χ1) is 11.8. The summed E-state index contributed by atoms with van der Waals surface area (Å²) in [6.07, 6.45) is 3.42. The van der Waals surface area contributed by atoms with Crippen LogP contribution < -0.4 is 5.32 Å². The molecule has 0 bridgehead atoms. The molecule has 0 spiro atoms. The Morgan fingerprint density at radius 3 is 2.67 bits per heavy atom. The summed E-state index contributed by atoms with van der Waals surface area (Å²) in [5.74, 6) is 0. The van der Waals surface area contributed by atoms with E-state index in [2.05, 4.69) is 10.3 Å². The monoisotopic (exact) mass is 321 g/mol.